The predicted octanol–water partition coefficient (Wildman–Crippen LogP) is 5.59. The SMILES string of the molecule is O=C(O)c1ccc(-n2cc(CNC3CCCCCCC3)c3ccccc32)s1. The summed E-state index contributed by atoms with van der Waals surface area (Å²) in [5.41, 5.74) is 2.41. The normalized spacial score (nSPS) is 16.3. The number of nitrogens with zero attached hydrogens (tertiary/aromatic N) is 1. The number of aromatic carboxylic acids is 1. The minimum atomic E-state index is -0.867. The summed E-state index contributed by atoms with van der Waals surface area (Å²) in [7, 11) is 0. The summed E-state index contributed by atoms with van der Waals surface area (Å²) in [4.78, 5) is 11.6. The predicted molar refractivity (Wildman–Crippen MR) is 111 cm³/mol. The van der Waals surface area contributed by atoms with Gasteiger partial charge in [0.05, 0.1) is 5.52 Å². The average molecular weight is 383 g/mol. The van der Waals surface area contributed by atoms with Gasteiger partial charge in [-0.15, -0.1) is 11.3 Å². The van der Waals surface area contributed by atoms with Gasteiger partial charge in [-0.1, -0.05) is 50.3 Å². The van der Waals surface area contributed by atoms with Gasteiger partial charge in [-0.3, -0.25) is 0 Å². The van der Waals surface area contributed by atoms with E-state index in [1.807, 2.05) is 12.1 Å². The molecular weight excluding hydrogens is 356 g/mol. The van der Waals surface area contributed by atoms with Crippen molar-refractivity contribution in [3.8, 4) is 5.00 Å². The van der Waals surface area contributed by atoms with E-state index in [-0.39, 0.29) is 0 Å². The highest BCUT2D eigenvalue weighted by Gasteiger charge is 2.15. The second-order valence-corrected chi connectivity index (χ2v) is 8.47. The summed E-state index contributed by atoms with van der Waals surface area (Å²) in [5.74, 6) is -0.867. The third-order valence-electron chi connectivity index (χ3n) is 5.52. The van der Waals surface area contributed by atoms with Crippen molar-refractivity contribution in [2.45, 2.75) is 57.5 Å². The van der Waals surface area contributed by atoms with E-state index in [2.05, 4.69) is 34.3 Å². The van der Waals surface area contributed by atoms with Crippen molar-refractivity contribution in [2.75, 3.05) is 0 Å². The number of hydrogen-bond acceptors (Lipinski definition) is 3. The van der Waals surface area contributed by atoms with E-state index in [0.717, 1.165) is 17.1 Å². The first-order chi connectivity index (χ1) is 13.2. The maximum Gasteiger partial charge on any atom is 0.345 e. The van der Waals surface area contributed by atoms with Crippen LogP contribution in [0.1, 0.15) is 60.2 Å². The Balaban J connectivity index is 1.58. The number of fused-ring (bicyclic) bond motifs is 1. The van der Waals surface area contributed by atoms with Crippen molar-refractivity contribution < 1.29 is 9.90 Å². The fourth-order valence-corrected chi connectivity index (χ4v) is 4.89. The summed E-state index contributed by atoms with van der Waals surface area (Å²) < 4.78 is 2.13. The third kappa shape index (κ3) is 4.09. The molecule has 0 bridgehead atoms. The van der Waals surface area contributed by atoms with Crippen LogP contribution in [0.15, 0.2) is 42.6 Å². The van der Waals surface area contributed by atoms with Crippen LogP contribution in [0.4, 0.5) is 0 Å². The van der Waals surface area contributed by atoms with Crippen molar-refractivity contribution >= 4 is 28.2 Å². The molecule has 27 heavy (non-hydrogen) atoms. The number of nitrogens with one attached hydrogen (secondary N) is 1. The minimum absolute atomic E-state index is 0.372. The number of carboxylic acid groups (broad SMARTS) is 1. The van der Waals surface area contributed by atoms with Crippen LogP contribution in [-0.4, -0.2) is 21.7 Å². The van der Waals surface area contributed by atoms with Crippen molar-refractivity contribution in [3.63, 3.8) is 0 Å². The molecule has 4 rings (SSSR count). The molecule has 0 amide bonds. The molecule has 4 nitrogen and oxygen atoms in total. The van der Waals surface area contributed by atoms with E-state index >= 15 is 0 Å². The maximum atomic E-state index is 11.2. The minimum Gasteiger partial charge on any atom is -0.477 e. The summed E-state index contributed by atoms with van der Waals surface area (Å²) in [5, 5.41) is 15.2. The zero-order valence-electron chi connectivity index (χ0n) is 15.5. The van der Waals surface area contributed by atoms with Crippen LogP contribution in [-0.2, 0) is 6.54 Å². The molecule has 1 aromatic carbocycles. The number of aromatic nitrogens is 1. The number of hydrogen-bond donors (Lipinski definition) is 2. The van der Waals surface area contributed by atoms with E-state index in [1.54, 1.807) is 6.07 Å². The second-order valence-electron chi connectivity index (χ2n) is 7.41. The Morgan fingerprint density at radius 2 is 1.81 bits per heavy atom. The molecule has 1 saturated carbocycles. The Bertz CT molecular complexity index is 919. The molecule has 142 valence electrons. The molecule has 2 heterocycles. The average Bonchev–Trinajstić information content (AvgIpc) is 3.26. The fourth-order valence-electron chi connectivity index (χ4n) is 4.06. The molecule has 0 saturated heterocycles. The largest absolute Gasteiger partial charge is 0.477 e. The van der Waals surface area contributed by atoms with Gasteiger partial charge in [0, 0.05) is 24.2 Å². The van der Waals surface area contributed by atoms with Crippen molar-refractivity contribution in [1.82, 2.24) is 9.88 Å². The monoisotopic (exact) mass is 382 g/mol. The van der Waals surface area contributed by atoms with Gasteiger partial charge < -0.3 is 15.0 Å². The molecule has 0 aliphatic heterocycles. The van der Waals surface area contributed by atoms with E-state index in [9.17, 15) is 9.90 Å². The quantitative estimate of drug-likeness (QED) is 0.604. The first kappa shape index (κ1) is 18.3. The van der Waals surface area contributed by atoms with Crippen LogP contribution < -0.4 is 5.32 Å². The third-order valence-corrected chi connectivity index (χ3v) is 6.59. The fraction of sp³-hybridized carbons (Fsp3) is 0.409. The molecule has 2 aromatic heterocycles. The lowest BCUT2D eigenvalue weighted by atomic mass is 9.96. The lowest BCUT2D eigenvalue weighted by molar-refractivity contribution is 0.0702. The number of rotatable bonds is 5. The molecular formula is C22H26N2O2S. The van der Waals surface area contributed by atoms with E-state index < -0.39 is 5.97 Å². The zero-order chi connectivity index (χ0) is 18.6. The molecule has 1 aliphatic carbocycles. The molecule has 0 spiro atoms. The van der Waals surface area contributed by atoms with Crippen LogP contribution in [0, 0.1) is 0 Å². The maximum absolute atomic E-state index is 11.2. The van der Waals surface area contributed by atoms with Gasteiger partial charge in [0.2, 0.25) is 0 Å². The molecule has 0 radical (unpaired) electrons. The van der Waals surface area contributed by atoms with E-state index in [4.69, 9.17) is 0 Å². The summed E-state index contributed by atoms with van der Waals surface area (Å²) in [6.45, 7) is 0.856. The zero-order valence-corrected chi connectivity index (χ0v) is 16.3. The van der Waals surface area contributed by atoms with Gasteiger partial charge in [-0.25, -0.2) is 4.79 Å². The Morgan fingerprint density at radius 1 is 1.07 bits per heavy atom. The number of carboxylic acids is 1. The summed E-state index contributed by atoms with van der Waals surface area (Å²) in [6.07, 6.45) is 11.5. The molecule has 3 aromatic rings. The van der Waals surface area contributed by atoms with Crippen LogP contribution in [0.25, 0.3) is 15.9 Å². The topological polar surface area (TPSA) is 54.3 Å². The molecule has 1 fully saturated rings. The highest BCUT2D eigenvalue weighted by atomic mass is 32.1. The highest BCUT2D eigenvalue weighted by molar-refractivity contribution is 7.16. The van der Waals surface area contributed by atoms with E-state index in [0.29, 0.717) is 10.9 Å². The Morgan fingerprint density at radius 3 is 2.56 bits per heavy atom. The van der Waals surface area contributed by atoms with Gasteiger partial charge in [0.25, 0.3) is 0 Å². The van der Waals surface area contributed by atoms with Gasteiger partial charge >= 0.3 is 5.97 Å². The number of carbonyl (C=O) groups is 1. The highest BCUT2D eigenvalue weighted by Crippen LogP contribution is 2.29. The Kier molecular flexibility index (Phi) is 5.60. The number of benzene rings is 1. The van der Waals surface area contributed by atoms with Gasteiger partial charge in [-0.2, -0.15) is 0 Å². The van der Waals surface area contributed by atoms with Crippen LogP contribution in [0.3, 0.4) is 0 Å². The number of para-hydroxylation sites is 1. The lowest BCUT2D eigenvalue weighted by Crippen LogP contribution is -2.29. The first-order valence-corrected chi connectivity index (χ1v) is 10.7. The van der Waals surface area contributed by atoms with Crippen LogP contribution in [0.5, 0.6) is 0 Å². The molecule has 5 heteroatoms. The molecule has 1 aliphatic rings. The molecule has 0 unspecified atom stereocenters. The summed E-state index contributed by atoms with van der Waals surface area (Å²) >= 11 is 1.32. The lowest BCUT2D eigenvalue weighted by Gasteiger charge is -2.21. The Labute approximate surface area is 163 Å². The Hall–Kier alpha value is -2.11. The van der Waals surface area contributed by atoms with Gasteiger partial charge in [0.1, 0.15) is 9.88 Å². The number of thiophene rings is 1. The van der Waals surface area contributed by atoms with Crippen molar-refractivity contribution in [3.05, 3.63) is 53.0 Å². The smallest absolute Gasteiger partial charge is 0.345 e. The summed E-state index contributed by atoms with van der Waals surface area (Å²) in [6, 6.07) is 12.6. The van der Waals surface area contributed by atoms with Gasteiger partial charge in [0.15, 0.2) is 0 Å². The molecule has 0 atom stereocenters. The molecule has 2 N–H and O–H groups in total. The first-order valence-electron chi connectivity index (χ1n) is 9.88. The van der Waals surface area contributed by atoms with Gasteiger partial charge in [-0.05, 0) is 36.6 Å². The van der Waals surface area contributed by atoms with Crippen molar-refractivity contribution in [1.29, 1.82) is 0 Å². The second kappa shape index (κ2) is 8.28. The standard InChI is InChI=1S/C22H26N2O2S/c25-22(26)20-12-13-21(27-20)24-15-16(18-10-6-7-11-19(18)24)14-23-17-8-4-2-1-3-5-9-17/h6-7,10-13,15,17,23H,1-5,8-9,14H2,(H,25,26). The van der Waals surface area contributed by atoms with E-state index in [1.165, 1.54) is 67.2 Å². The van der Waals surface area contributed by atoms with Crippen LogP contribution >= 0.6 is 11.3 Å². The van der Waals surface area contributed by atoms with Crippen molar-refractivity contribution in [2.24, 2.45) is 0 Å². The van der Waals surface area contributed by atoms with Crippen LogP contribution in [0.2, 0.25) is 0 Å².